The van der Waals surface area contributed by atoms with Crippen LogP contribution in [0, 0.1) is 19.7 Å². The van der Waals surface area contributed by atoms with E-state index in [9.17, 15) is 22.4 Å². The Morgan fingerprint density at radius 3 is 2.56 bits per heavy atom. The Morgan fingerprint density at radius 2 is 1.97 bits per heavy atom. The summed E-state index contributed by atoms with van der Waals surface area (Å²) < 4.78 is 48.6. The third-order valence-corrected chi connectivity index (χ3v) is 6.92. The van der Waals surface area contributed by atoms with Gasteiger partial charge in [0.15, 0.2) is 0 Å². The fourth-order valence-electron chi connectivity index (χ4n) is 3.43. The van der Waals surface area contributed by atoms with E-state index < -0.39 is 44.4 Å². The van der Waals surface area contributed by atoms with Crippen LogP contribution in [0.3, 0.4) is 0 Å². The van der Waals surface area contributed by atoms with E-state index in [4.69, 9.17) is 21.8 Å². The van der Waals surface area contributed by atoms with Gasteiger partial charge in [0.05, 0.1) is 10.5 Å². The number of nitrogens with zero attached hydrogens (tertiary/aromatic N) is 1. The van der Waals surface area contributed by atoms with Crippen molar-refractivity contribution >= 4 is 27.5 Å². The summed E-state index contributed by atoms with van der Waals surface area (Å²) in [5, 5.41) is 5.90. The van der Waals surface area contributed by atoms with Crippen LogP contribution in [0.1, 0.15) is 51.8 Å². The number of rotatable bonds is 7. The second-order valence-corrected chi connectivity index (χ2v) is 9.37. The van der Waals surface area contributed by atoms with Crippen molar-refractivity contribution in [2.45, 2.75) is 37.6 Å². The zero-order valence-electron chi connectivity index (χ0n) is 17.3. The number of halogens is 2. The fraction of sp³-hybridized carbons (Fsp3) is 0.250. The number of carbonyl (C=O) groups excluding carboxylic acids is 1. The molecule has 3 rings (SSSR count). The molecule has 0 bridgehead atoms. The Balaban J connectivity index is 2.14. The molecule has 9 nitrogen and oxygen atoms in total. The first-order valence-corrected chi connectivity index (χ1v) is 11.2. The van der Waals surface area contributed by atoms with Gasteiger partial charge in [-0.2, -0.15) is 4.72 Å². The van der Waals surface area contributed by atoms with Crippen LogP contribution in [-0.2, 0) is 10.0 Å². The molecule has 0 aliphatic rings. The van der Waals surface area contributed by atoms with E-state index in [0.29, 0.717) is 5.56 Å². The maximum atomic E-state index is 14.8. The molecule has 0 saturated carbocycles. The molecule has 2 atom stereocenters. The maximum absolute atomic E-state index is 14.8. The minimum atomic E-state index is -4.43. The molecule has 4 N–H and O–H groups in total. The molecule has 0 fully saturated rings. The summed E-state index contributed by atoms with van der Waals surface area (Å²) in [5.74, 6) is -3.65. The first-order valence-electron chi connectivity index (χ1n) is 9.35. The van der Waals surface area contributed by atoms with Gasteiger partial charge in [-0.25, -0.2) is 22.7 Å². The van der Waals surface area contributed by atoms with Gasteiger partial charge in [0.2, 0.25) is 21.8 Å². The van der Waals surface area contributed by atoms with Gasteiger partial charge in [0, 0.05) is 10.9 Å². The molecule has 0 unspecified atom stereocenters. The SMILES string of the molecule is Cc1ccc(F)c([C@H](C)[C@H](NS(=O)(=O)c2ccc(Cl)cc2C(N)=O)c2n[nH]c(=O)o2)c1C. The highest BCUT2D eigenvalue weighted by molar-refractivity contribution is 7.89. The lowest BCUT2D eigenvalue weighted by Gasteiger charge is -2.25. The van der Waals surface area contributed by atoms with E-state index in [0.717, 1.165) is 17.7 Å². The summed E-state index contributed by atoms with van der Waals surface area (Å²) in [4.78, 5) is 22.9. The quantitative estimate of drug-likeness (QED) is 0.471. The Morgan fingerprint density at radius 1 is 1.28 bits per heavy atom. The molecular formula is C20H20ClFN4O5S. The molecule has 0 aliphatic heterocycles. The highest BCUT2D eigenvalue weighted by Gasteiger charge is 2.34. The molecule has 1 amide bonds. The number of aromatic amines is 1. The number of H-pyrrole nitrogens is 1. The van der Waals surface area contributed by atoms with Crippen LogP contribution in [0.15, 0.2) is 44.4 Å². The normalized spacial score (nSPS) is 13.7. The Bertz CT molecular complexity index is 1350. The maximum Gasteiger partial charge on any atom is 0.434 e. The lowest BCUT2D eigenvalue weighted by Crippen LogP contribution is -2.34. The number of nitrogens with two attached hydrogens (primary N) is 1. The molecule has 32 heavy (non-hydrogen) atoms. The van der Waals surface area contributed by atoms with Crippen molar-refractivity contribution < 1.29 is 22.0 Å². The number of sulfonamides is 1. The van der Waals surface area contributed by atoms with Crippen LogP contribution in [0.5, 0.6) is 0 Å². The van der Waals surface area contributed by atoms with E-state index >= 15 is 0 Å². The molecule has 1 heterocycles. The number of nitrogens with one attached hydrogen (secondary N) is 2. The van der Waals surface area contributed by atoms with E-state index in [1.165, 1.54) is 12.1 Å². The second-order valence-electron chi connectivity index (χ2n) is 7.25. The van der Waals surface area contributed by atoms with Crippen LogP contribution in [0.25, 0.3) is 0 Å². The summed E-state index contributed by atoms with van der Waals surface area (Å²) in [6.07, 6.45) is 0. The predicted octanol–water partition coefficient (Wildman–Crippen LogP) is 2.69. The number of hydrogen-bond acceptors (Lipinski definition) is 6. The molecule has 1 aromatic heterocycles. The molecule has 2 aromatic carbocycles. The third kappa shape index (κ3) is 4.59. The number of aryl methyl sites for hydroxylation is 1. The van der Waals surface area contributed by atoms with Gasteiger partial charge >= 0.3 is 5.76 Å². The second kappa shape index (κ2) is 8.85. The number of hydrogen-bond donors (Lipinski definition) is 3. The van der Waals surface area contributed by atoms with E-state index in [-0.39, 0.29) is 22.0 Å². The molecule has 0 aliphatic carbocycles. The largest absolute Gasteiger partial charge is 0.434 e. The lowest BCUT2D eigenvalue weighted by atomic mass is 9.88. The van der Waals surface area contributed by atoms with Gasteiger partial charge in [-0.15, -0.1) is 5.10 Å². The standard InChI is InChI=1S/C20H20ClFN4O5S/c1-9-4-6-14(22)16(10(9)2)11(3)17(19-24-25-20(28)31-19)26-32(29,30)15-7-5-12(21)8-13(15)18(23)27/h4-8,11,17,26H,1-3H3,(H2,23,27)(H,25,28)/t11-,17-/m0/s1. The Hall–Kier alpha value is -3.02. The van der Waals surface area contributed by atoms with Gasteiger partial charge in [0.1, 0.15) is 11.9 Å². The summed E-state index contributed by atoms with van der Waals surface area (Å²) in [6.45, 7) is 5.04. The molecule has 170 valence electrons. The van der Waals surface area contributed by atoms with Gasteiger partial charge in [0.25, 0.3) is 0 Å². The first kappa shape index (κ1) is 23.6. The van der Waals surface area contributed by atoms with E-state index in [2.05, 4.69) is 14.9 Å². The molecule has 0 saturated heterocycles. The highest BCUT2D eigenvalue weighted by atomic mass is 35.5. The monoisotopic (exact) mass is 482 g/mol. The lowest BCUT2D eigenvalue weighted by molar-refractivity contribution is 0.0997. The van der Waals surface area contributed by atoms with Crippen molar-refractivity contribution in [3.63, 3.8) is 0 Å². The highest BCUT2D eigenvalue weighted by Crippen LogP contribution is 2.35. The van der Waals surface area contributed by atoms with Crippen molar-refractivity contribution in [3.05, 3.63) is 79.9 Å². The van der Waals surface area contributed by atoms with Crippen molar-refractivity contribution in [1.82, 2.24) is 14.9 Å². The average Bonchev–Trinajstić information content (AvgIpc) is 3.15. The van der Waals surface area contributed by atoms with Crippen molar-refractivity contribution in [1.29, 1.82) is 0 Å². The van der Waals surface area contributed by atoms with Crippen LogP contribution in [0.4, 0.5) is 4.39 Å². The summed E-state index contributed by atoms with van der Waals surface area (Å²) in [6, 6.07) is 5.08. The van der Waals surface area contributed by atoms with Crippen LogP contribution < -0.4 is 16.2 Å². The van der Waals surface area contributed by atoms with Gasteiger partial charge in [-0.3, -0.25) is 4.79 Å². The van der Waals surface area contributed by atoms with E-state index in [1.807, 2.05) is 0 Å². The zero-order valence-corrected chi connectivity index (χ0v) is 18.8. The molecular weight excluding hydrogens is 463 g/mol. The number of aromatic nitrogens is 2. The smallest absolute Gasteiger partial charge is 0.391 e. The molecule has 0 spiro atoms. The van der Waals surface area contributed by atoms with Gasteiger partial charge < -0.3 is 10.2 Å². The van der Waals surface area contributed by atoms with Crippen LogP contribution >= 0.6 is 11.6 Å². The summed E-state index contributed by atoms with van der Waals surface area (Å²) in [7, 11) is -4.43. The van der Waals surface area contributed by atoms with Crippen molar-refractivity contribution in [2.75, 3.05) is 0 Å². The van der Waals surface area contributed by atoms with Crippen molar-refractivity contribution in [2.24, 2.45) is 5.73 Å². The number of primary amides is 1. The Kier molecular flexibility index (Phi) is 6.54. The molecule has 3 aromatic rings. The van der Waals surface area contributed by atoms with E-state index in [1.54, 1.807) is 26.8 Å². The predicted molar refractivity (Wildman–Crippen MR) is 114 cm³/mol. The number of carbonyl (C=O) groups is 1. The topological polar surface area (TPSA) is 148 Å². The molecule has 0 radical (unpaired) electrons. The van der Waals surface area contributed by atoms with Crippen LogP contribution in [0.2, 0.25) is 5.02 Å². The zero-order chi connectivity index (χ0) is 23.8. The summed E-state index contributed by atoms with van der Waals surface area (Å²) in [5.41, 5.74) is 6.58. The van der Waals surface area contributed by atoms with Crippen molar-refractivity contribution in [3.8, 4) is 0 Å². The minimum absolute atomic E-state index is 0.110. The Labute approximate surface area is 187 Å². The average molecular weight is 483 g/mol. The number of benzene rings is 2. The minimum Gasteiger partial charge on any atom is -0.391 e. The van der Waals surface area contributed by atoms with Gasteiger partial charge in [-0.1, -0.05) is 24.6 Å². The summed E-state index contributed by atoms with van der Waals surface area (Å²) >= 11 is 5.87. The first-order chi connectivity index (χ1) is 14.9. The fourth-order valence-corrected chi connectivity index (χ4v) is 5.07. The molecule has 12 heteroatoms. The van der Waals surface area contributed by atoms with Crippen LogP contribution in [-0.4, -0.2) is 24.5 Å². The number of amides is 1. The third-order valence-electron chi connectivity index (χ3n) is 5.19. The van der Waals surface area contributed by atoms with Gasteiger partial charge in [-0.05, 0) is 54.8 Å².